The second-order valence-corrected chi connectivity index (χ2v) is 13.5. The summed E-state index contributed by atoms with van der Waals surface area (Å²) < 4.78 is 18.0. The number of rotatable bonds is 8. The summed E-state index contributed by atoms with van der Waals surface area (Å²) in [5.74, 6) is 1.43. The summed E-state index contributed by atoms with van der Waals surface area (Å²) in [5, 5.41) is 19.7. The van der Waals surface area contributed by atoms with Crippen LogP contribution in [-0.2, 0) is 4.74 Å². The van der Waals surface area contributed by atoms with E-state index in [1.165, 1.54) is 32.1 Å². The summed E-state index contributed by atoms with van der Waals surface area (Å²) in [6, 6.07) is 4.19. The van der Waals surface area contributed by atoms with E-state index in [0.717, 1.165) is 38.3 Å². The van der Waals surface area contributed by atoms with Gasteiger partial charge < -0.3 is 39.5 Å². The molecule has 11 nitrogen and oxygen atoms in total. The molecule has 0 unspecified atom stereocenters. The van der Waals surface area contributed by atoms with Gasteiger partial charge in [0.2, 0.25) is 0 Å². The highest BCUT2D eigenvalue weighted by molar-refractivity contribution is 6.03. The summed E-state index contributed by atoms with van der Waals surface area (Å²) in [4.78, 5) is 31.4. The molecule has 256 valence electrons. The number of aliphatic hydroxyl groups excluding tert-OH is 1. The lowest BCUT2D eigenvalue weighted by atomic mass is 9.89. The highest BCUT2D eigenvalue weighted by Gasteiger charge is 2.31. The zero-order valence-corrected chi connectivity index (χ0v) is 28.6. The molecule has 1 aliphatic heterocycles. The number of likely N-dealkylation sites (N-methyl/N-ethyl adjacent to an activating group) is 1. The van der Waals surface area contributed by atoms with E-state index in [1.807, 2.05) is 13.8 Å². The van der Waals surface area contributed by atoms with Crippen molar-refractivity contribution >= 4 is 23.3 Å². The van der Waals surface area contributed by atoms with Crippen LogP contribution in [0.25, 0.3) is 0 Å². The van der Waals surface area contributed by atoms with Gasteiger partial charge in [0.15, 0.2) is 5.76 Å². The molecule has 2 aliphatic rings. The van der Waals surface area contributed by atoms with Gasteiger partial charge in [0.25, 0.3) is 5.91 Å². The molecule has 0 bridgehead atoms. The Morgan fingerprint density at radius 2 is 1.83 bits per heavy atom. The number of hydrogen-bond acceptors (Lipinski definition) is 8. The number of nitrogens with zero attached hydrogens (tertiary/aromatic N) is 3. The fourth-order valence-electron chi connectivity index (χ4n) is 6.59. The SMILES string of the molecule is Cc1noc(C)c1NC(=O)Nc1ccc2c(c1)C(=O)N([C@H](C)CO)C[C@H](C)[C@H](CN(C)CC1CCCCC1)OCCCC[C@@H](C)O2. The van der Waals surface area contributed by atoms with E-state index in [4.69, 9.17) is 14.0 Å². The van der Waals surface area contributed by atoms with Crippen molar-refractivity contribution in [1.82, 2.24) is 15.0 Å². The second-order valence-electron chi connectivity index (χ2n) is 13.5. The van der Waals surface area contributed by atoms with Crippen LogP contribution in [0.3, 0.4) is 0 Å². The molecule has 4 atom stereocenters. The number of anilines is 2. The molecule has 3 N–H and O–H groups in total. The van der Waals surface area contributed by atoms with Crippen LogP contribution in [-0.4, -0.2) is 90.1 Å². The van der Waals surface area contributed by atoms with Crippen molar-refractivity contribution in [3.05, 3.63) is 35.2 Å². The number of nitrogens with one attached hydrogen (secondary N) is 2. The van der Waals surface area contributed by atoms with Crippen LogP contribution in [0.2, 0.25) is 0 Å². The Kier molecular flexibility index (Phi) is 13.3. The minimum atomic E-state index is -0.483. The average molecular weight is 642 g/mol. The summed E-state index contributed by atoms with van der Waals surface area (Å²) in [6.07, 6.45) is 9.05. The first-order chi connectivity index (χ1) is 22.0. The van der Waals surface area contributed by atoms with Gasteiger partial charge in [-0.15, -0.1) is 0 Å². The molecule has 11 heteroatoms. The van der Waals surface area contributed by atoms with Crippen molar-refractivity contribution in [1.29, 1.82) is 0 Å². The first-order valence-corrected chi connectivity index (χ1v) is 17.1. The molecule has 3 amide bonds. The standard InChI is InChI=1S/C35H55N5O6/c1-23-19-40(24(2)22-41)34(42)30-18-29(36-35(43)37-33-26(4)38-46-27(33)5)15-16-31(30)45-25(3)12-10-11-17-44-32(23)21-39(6)20-28-13-8-7-9-14-28/h15-16,18,23-25,28,32,41H,7-14,17,19-22H2,1-6H3,(H2,36,37,43)/t23-,24+,25+,32-/m0/s1. The normalized spacial score (nSPS) is 22.9. The predicted octanol–water partition coefficient (Wildman–Crippen LogP) is 6.24. The number of hydrogen-bond donors (Lipinski definition) is 3. The van der Waals surface area contributed by atoms with E-state index < -0.39 is 12.1 Å². The van der Waals surface area contributed by atoms with Gasteiger partial charge >= 0.3 is 6.03 Å². The highest BCUT2D eigenvalue weighted by atomic mass is 16.5. The number of aromatic nitrogens is 1. The van der Waals surface area contributed by atoms with Crippen LogP contribution in [0, 0.1) is 25.7 Å². The summed E-state index contributed by atoms with van der Waals surface area (Å²) in [7, 11) is 2.18. The summed E-state index contributed by atoms with van der Waals surface area (Å²) >= 11 is 0. The maximum absolute atomic E-state index is 14.4. The molecule has 1 aliphatic carbocycles. The van der Waals surface area contributed by atoms with Crippen LogP contribution >= 0.6 is 0 Å². The van der Waals surface area contributed by atoms with Crippen LogP contribution in [0.4, 0.5) is 16.2 Å². The number of aryl methyl sites for hydroxylation is 2. The predicted molar refractivity (Wildman–Crippen MR) is 180 cm³/mol. The molecule has 1 aromatic carbocycles. The Morgan fingerprint density at radius 1 is 1.09 bits per heavy atom. The Morgan fingerprint density at radius 3 is 2.52 bits per heavy atom. The van der Waals surface area contributed by atoms with Crippen LogP contribution in [0.15, 0.2) is 22.7 Å². The van der Waals surface area contributed by atoms with Crippen LogP contribution in [0.1, 0.15) is 93.9 Å². The third-order valence-electron chi connectivity index (χ3n) is 9.37. The van der Waals surface area contributed by atoms with Crippen molar-refractivity contribution in [3.63, 3.8) is 0 Å². The number of carbonyl (C=O) groups is 2. The number of urea groups is 1. The maximum atomic E-state index is 14.4. The van der Waals surface area contributed by atoms with Gasteiger partial charge in [-0.1, -0.05) is 31.3 Å². The molecule has 2 aromatic rings. The van der Waals surface area contributed by atoms with Crippen LogP contribution in [0.5, 0.6) is 5.75 Å². The number of benzene rings is 1. The van der Waals surface area contributed by atoms with Gasteiger partial charge in [-0.25, -0.2) is 4.79 Å². The second kappa shape index (κ2) is 17.1. The molecular weight excluding hydrogens is 586 g/mol. The third-order valence-corrected chi connectivity index (χ3v) is 9.37. The van der Waals surface area contributed by atoms with E-state index in [9.17, 15) is 14.7 Å². The van der Waals surface area contributed by atoms with Crippen molar-refractivity contribution in [2.75, 3.05) is 50.5 Å². The molecule has 46 heavy (non-hydrogen) atoms. The molecule has 4 rings (SSSR count). The Labute approximate surface area is 274 Å². The lowest BCUT2D eigenvalue weighted by Gasteiger charge is -2.36. The third kappa shape index (κ3) is 9.92. The van der Waals surface area contributed by atoms with Crippen molar-refractivity contribution in [2.24, 2.45) is 11.8 Å². The van der Waals surface area contributed by atoms with Crippen molar-refractivity contribution in [2.45, 2.75) is 104 Å². The molecule has 1 aromatic heterocycles. The maximum Gasteiger partial charge on any atom is 0.323 e. The quantitative estimate of drug-likeness (QED) is 0.309. The zero-order chi connectivity index (χ0) is 33.2. The van der Waals surface area contributed by atoms with Crippen molar-refractivity contribution in [3.8, 4) is 5.75 Å². The zero-order valence-electron chi connectivity index (χ0n) is 28.6. The van der Waals surface area contributed by atoms with E-state index in [0.29, 0.717) is 47.3 Å². The van der Waals surface area contributed by atoms with Gasteiger partial charge in [0, 0.05) is 37.8 Å². The van der Waals surface area contributed by atoms with Gasteiger partial charge in [-0.05, 0) is 91.0 Å². The largest absolute Gasteiger partial charge is 0.490 e. The molecule has 1 saturated carbocycles. The lowest BCUT2D eigenvalue weighted by Crippen LogP contribution is -2.47. The first kappa shape index (κ1) is 35.7. The van der Waals surface area contributed by atoms with Gasteiger partial charge in [0.05, 0.1) is 30.4 Å². The van der Waals surface area contributed by atoms with E-state index in [-0.39, 0.29) is 30.6 Å². The van der Waals surface area contributed by atoms with E-state index >= 15 is 0 Å². The Bertz CT molecular complexity index is 1260. The number of amides is 3. The van der Waals surface area contributed by atoms with Crippen LogP contribution < -0.4 is 15.4 Å². The van der Waals surface area contributed by atoms with Crippen molar-refractivity contribution < 1.29 is 28.7 Å². The van der Waals surface area contributed by atoms with Gasteiger partial charge in [-0.3, -0.25) is 4.79 Å². The van der Waals surface area contributed by atoms with Gasteiger partial charge in [-0.2, -0.15) is 0 Å². The lowest BCUT2D eigenvalue weighted by molar-refractivity contribution is -0.0190. The van der Waals surface area contributed by atoms with E-state index in [1.54, 1.807) is 36.9 Å². The van der Waals surface area contributed by atoms with E-state index in [2.05, 4.69) is 34.7 Å². The smallest absolute Gasteiger partial charge is 0.323 e. The first-order valence-electron chi connectivity index (χ1n) is 17.1. The molecule has 2 heterocycles. The minimum Gasteiger partial charge on any atom is -0.490 e. The minimum absolute atomic E-state index is 0.0140. The molecule has 1 fully saturated rings. The molecule has 0 spiro atoms. The monoisotopic (exact) mass is 641 g/mol. The number of ether oxygens (including phenoxy) is 2. The highest BCUT2D eigenvalue weighted by Crippen LogP contribution is 2.29. The Hall–Kier alpha value is -3.15. The molecule has 0 saturated heterocycles. The van der Waals surface area contributed by atoms with Gasteiger partial charge in [0.1, 0.15) is 17.1 Å². The average Bonchev–Trinajstić information content (AvgIpc) is 3.34. The molecular formula is C35H55N5O6. The summed E-state index contributed by atoms with van der Waals surface area (Å²) in [6.45, 7) is 12.2. The fourth-order valence-corrected chi connectivity index (χ4v) is 6.59. The number of fused-ring (bicyclic) bond motifs is 1. The Balaban J connectivity index is 1.57. The molecule has 0 radical (unpaired) electrons. The number of carbonyl (C=O) groups excluding carboxylic acids is 2. The number of aliphatic hydroxyl groups is 1. The summed E-state index contributed by atoms with van der Waals surface area (Å²) in [5.41, 5.74) is 1.84. The fraction of sp³-hybridized carbons (Fsp3) is 0.686. The topological polar surface area (TPSA) is 129 Å².